The van der Waals surface area contributed by atoms with Crippen molar-refractivity contribution in [3.63, 3.8) is 0 Å². The molecule has 1 aliphatic rings. The molecule has 0 spiro atoms. The topological polar surface area (TPSA) is 59.2 Å². The standard InChI is InChI=1S/C10H12FN3OS/c11-8-7(1-2-13-9(8)12)10(15)14-3-5-16-6-4-14/h1-2H,3-6H2,(H2,12,13). The van der Waals surface area contributed by atoms with E-state index in [1.165, 1.54) is 12.3 Å². The summed E-state index contributed by atoms with van der Waals surface area (Å²) in [5.41, 5.74) is 5.34. The molecule has 2 rings (SSSR count). The minimum atomic E-state index is -0.717. The van der Waals surface area contributed by atoms with Crippen LogP contribution in [0.2, 0.25) is 0 Å². The average molecular weight is 241 g/mol. The van der Waals surface area contributed by atoms with Gasteiger partial charge in [-0.15, -0.1) is 0 Å². The first kappa shape index (κ1) is 11.2. The lowest BCUT2D eigenvalue weighted by atomic mass is 10.2. The van der Waals surface area contributed by atoms with Crippen LogP contribution in [0.1, 0.15) is 10.4 Å². The molecule has 1 fully saturated rings. The third-order valence-electron chi connectivity index (χ3n) is 2.44. The molecule has 0 unspecified atom stereocenters. The minimum Gasteiger partial charge on any atom is -0.381 e. The van der Waals surface area contributed by atoms with E-state index in [4.69, 9.17) is 5.73 Å². The number of amides is 1. The Morgan fingerprint density at radius 3 is 2.88 bits per heavy atom. The second-order valence-corrected chi connectivity index (χ2v) is 4.69. The Bertz CT molecular complexity index is 407. The Hall–Kier alpha value is -1.30. The molecule has 6 heteroatoms. The van der Waals surface area contributed by atoms with Gasteiger partial charge in [0.05, 0.1) is 5.56 Å². The van der Waals surface area contributed by atoms with Crippen LogP contribution in [0.4, 0.5) is 10.2 Å². The normalized spacial score (nSPS) is 16.2. The van der Waals surface area contributed by atoms with Gasteiger partial charge in [-0.2, -0.15) is 11.8 Å². The van der Waals surface area contributed by atoms with Crippen LogP contribution in [-0.4, -0.2) is 40.4 Å². The van der Waals surface area contributed by atoms with Crippen molar-refractivity contribution < 1.29 is 9.18 Å². The third kappa shape index (κ3) is 2.11. The van der Waals surface area contributed by atoms with Gasteiger partial charge in [0.25, 0.3) is 5.91 Å². The van der Waals surface area contributed by atoms with Crippen LogP contribution in [0.25, 0.3) is 0 Å². The first-order valence-corrected chi connectivity index (χ1v) is 6.12. The Morgan fingerprint density at radius 2 is 2.19 bits per heavy atom. The molecule has 0 saturated carbocycles. The van der Waals surface area contributed by atoms with E-state index in [1.807, 2.05) is 0 Å². The number of nitrogens with two attached hydrogens (primary N) is 1. The smallest absolute Gasteiger partial charge is 0.257 e. The van der Waals surface area contributed by atoms with Crippen LogP contribution in [0.3, 0.4) is 0 Å². The largest absolute Gasteiger partial charge is 0.381 e. The summed E-state index contributed by atoms with van der Waals surface area (Å²) in [7, 11) is 0. The second kappa shape index (κ2) is 4.69. The fraction of sp³-hybridized carbons (Fsp3) is 0.400. The molecule has 1 aliphatic heterocycles. The van der Waals surface area contributed by atoms with Crippen molar-refractivity contribution in [3.05, 3.63) is 23.6 Å². The molecule has 4 nitrogen and oxygen atoms in total. The van der Waals surface area contributed by atoms with Crippen LogP contribution in [0.5, 0.6) is 0 Å². The van der Waals surface area contributed by atoms with Gasteiger partial charge in [0, 0.05) is 30.8 Å². The first-order chi connectivity index (χ1) is 7.70. The molecular formula is C10H12FN3OS. The predicted octanol–water partition coefficient (Wildman–Crippen LogP) is 0.992. The zero-order valence-electron chi connectivity index (χ0n) is 8.65. The summed E-state index contributed by atoms with van der Waals surface area (Å²) in [6.45, 7) is 1.32. The SMILES string of the molecule is Nc1nccc(C(=O)N2CCSCC2)c1F. The number of anilines is 1. The van der Waals surface area contributed by atoms with Crippen LogP contribution in [0, 0.1) is 5.82 Å². The van der Waals surface area contributed by atoms with Gasteiger partial charge in [-0.3, -0.25) is 4.79 Å². The number of rotatable bonds is 1. The summed E-state index contributed by atoms with van der Waals surface area (Å²) in [4.78, 5) is 17.2. The highest BCUT2D eigenvalue weighted by atomic mass is 32.2. The van der Waals surface area contributed by atoms with Gasteiger partial charge in [-0.25, -0.2) is 9.37 Å². The molecule has 0 atom stereocenters. The van der Waals surface area contributed by atoms with Gasteiger partial charge < -0.3 is 10.6 Å². The molecule has 0 radical (unpaired) electrons. The fourth-order valence-corrected chi connectivity index (χ4v) is 2.46. The maximum absolute atomic E-state index is 13.6. The number of hydrogen-bond donors (Lipinski definition) is 1. The highest BCUT2D eigenvalue weighted by Crippen LogP contribution is 2.17. The molecule has 1 aromatic heterocycles. The molecule has 1 aromatic rings. The van der Waals surface area contributed by atoms with E-state index in [1.54, 1.807) is 16.7 Å². The molecule has 1 amide bonds. The number of carbonyl (C=O) groups excluding carboxylic acids is 1. The van der Waals surface area contributed by atoms with E-state index in [0.29, 0.717) is 13.1 Å². The minimum absolute atomic E-state index is 0.0133. The van der Waals surface area contributed by atoms with Crippen molar-refractivity contribution in [2.75, 3.05) is 30.3 Å². The van der Waals surface area contributed by atoms with Gasteiger partial charge in [0.2, 0.25) is 0 Å². The third-order valence-corrected chi connectivity index (χ3v) is 3.39. The number of halogens is 1. The maximum atomic E-state index is 13.6. The molecule has 0 aliphatic carbocycles. The van der Waals surface area contributed by atoms with Gasteiger partial charge in [0.15, 0.2) is 11.6 Å². The number of nitrogen functional groups attached to an aromatic ring is 1. The van der Waals surface area contributed by atoms with Gasteiger partial charge in [0.1, 0.15) is 0 Å². The van der Waals surface area contributed by atoms with E-state index in [0.717, 1.165) is 11.5 Å². The Morgan fingerprint density at radius 1 is 1.50 bits per heavy atom. The van der Waals surface area contributed by atoms with E-state index in [-0.39, 0.29) is 17.3 Å². The molecule has 2 N–H and O–H groups in total. The summed E-state index contributed by atoms with van der Waals surface area (Å²) < 4.78 is 13.6. The lowest BCUT2D eigenvalue weighted by Gasteiger charge is -2.26. The van der Waals surface area contributed by atoms with Crippen molar-refractivity contribution in [2.24, 2.45) is 0 Å². The van der Waals surface area contributed by atoms with E-state index in [9.17, 15) is 9.18 Å². The van der Waals surface area contributed by atoms with Crippen molar-refractivity contribution in [1.82, 2.24) is 9.88 Å². The highest BCUT2D eigenvalue weighted by molar-refractivity contribution is 7.99. The number of nitrogens with zero attached hydrogens (tertiary/aromatic N) is 2. The molecular weight excluding hydrogens is 229 g/mol. The van der Waals surface area contributed by atoms with Crippen molar-refractivity contribution in [1.29, 1.82) is 0 Å². The molecule has 0 aromatic carbocycles. The van der Waals surface area contributed by atoms with Gasteiger partial charge in [-0.1, -0.05) is 0 Å². The summed E-state index contributed by atoms with van der Waals surface area (Å²) in [5, 5.41) is 0. The number of carbonyl (C=O) groups is 1. The number of pyridine rings is 1. The molecule has 86 valence electrons. The lowest BCUT2D eigenvalue weighted by Crippen LogP contribution is -2.38. The lowest BCUT2D eigenvalue weighted by molar-refractivity contribution is 0.0767. The number of hydrogen-bond acceptors (Lipinski definition) is 4. The Kier molecular flexibility index (Phi) is 3.28. The Labute approximate surface area is 97.0 Å². The molecule has 1 saturated heterocycles. The van der Waals surface area contributed by atoms with E-state index < -0.39 is 5.82 Å². The van der Waals surface area contributed by atoms with Crippen LogP contribution in [0.15, 0.2) is 12.3 Å². The summed E-state index contributed by atoms with van der Waals surface area (Å²) in [5.74, 6) is 0.553. The number of thioether (sulfide) groups is 1. The van der Waals surface area contributed by atoms with Gasteiger partial charge in [-0.05, 0) is 6.07 Å². The first-order valence-electron chi connectivity index (χ1n) is 4.97. The zero-order valence-corrected chi connectivity index (χ0v) is 9.47. The van der Waals surface area contributed by atoms with E-state index in [2.05, 4.69) is 4.98 Å². The van der Waals surface area contributed by atoms with Crippen LogP contribution >= 0.6 is 11.8 Å². The molecule has 16 heavy (non-hydrogen) atoms. The monoisotopic (exact) mass is 241 g/mol. The van der Waals surface area contributed by atoms with Crippen molar-refractivity contribution >= 4 is 23.5 Å². The van der Waals surface area contributed by atoms with Crippen molar-refractivity contribution in [2.45, 2.75) is 0 Å². The summed E-state index contributed by atoms with van der Waals surface area (Å²) >= 11 is 1.79. The summed E-state index contributed by atoms with van der Waals surface area (Å²) in [6.07, 6.45) is 1.35. The summed E-state index contributed by atoms with van der Waals surface area (Å²) in [6, 6.07) is 1.37. The average Bonchev–Trinajstić information content (AvgIpc) is 2.33. The van der Waals surface area contributed by atoms with E-state index >= 15 is 0 Å². The maximum Gasteiger partial charge on any atom is 0.257 e. The zero-order chi connectivity index (χ0) is 11.5. The second-order valence-electron chi connectivity index (χ2n) is 3.46. The van der Waals surface area contributed by atoms with Crippen LogP contribution in [-0.2, 0) is 0 Å². The quantitative estimate of drug-likeness (QED) is 0.796. The Balaban J connectivity index is 2.22. The molecule has 2 heterocycles. The van der Waals surface area contributed by atoms with Gasteiger partial charge >= 0.3 is 0 Å². The number of aromatic nitrogens is 1. The highest BCUT2D eigenvalue weighted by Gasteiger charge is 2.22. The predicted molar refractivity (Wildman–Crippen MR) is 61.8 cm³/mol. The fourth-order valence-electron chi connectivity index (χ4n) is 1.56. The van der Waals surface area contributed by atoms with Crippen LogP contribution < -0.4 is 5.73 Å². The molecule has 0 bridgehead atoms. The van der Waals surface area contributed by atoms with Crippen molar-refractivity contribution in [3.8, 4) is 0 Å².